The Hall–Kier alpha value is -8.22. The zero-order valence-corrected chi connectivity index (χ0v) is 44.7. The van der Waals surface area contributed by atoms with Crippen LogP contribution in [0.4, 0.5) is 27.6 Å². The average Bonchev–Trinajstić information content (AvgIpc) is 4.09. The molecule has 0 saturated carbocycles. The van der Waals surface area contributed by atoms with E-state index < -0.39 is 35.9 Å². The third-order valence-electron chi connectivity index (χ3n) is 15.2. The van der Waals surface area contributed by atoms with Gasteiger partial charge in [-0.2, -0.15) is 17.7 Å². The number of ether oxygens (including phenoxy) is 1. The van der Waals surface area contributed by atoms with Crippen LogP contribution >= 0.6 is 0 Å². The molecule has 2 aliphatic rings. The van der Waals surface area contributed by atoms with Crippen LogP contribution in [0, 0.1) is 0 Å². The van der Waals surface area contributed by atoms with Gasteiger partial charge in [0.25, 0.3) is 0 Å². The lowest BCUT2D eigenvalue weighted by Crippen LogP contribution is -2.46. The number of benzene rings is 6. The molecular weight excluding hydrogens is 1030 g/mol. The van der Waals surface area contributed by atoms with E-state index in [2.05, 4.69) is 70.2 Å². The summed E-state index contributed by atoms with van der Waals surface area (Å²) in [5, 5.41) is 19.5. The number of carbonyl (C=O) groups is 3. The van der Waals surface area contributed by atoms with Crippen LogP contribution in [0.3, 0.4) is 0 Å². The van der Waals surface area contributed by atoms with E-state index in [1.165, 1.54) is 31.7 Å². The minimum Gasteiger partial charge on any atom is -0.465 e. The summed E-state index contributed by atoms with van der Waals surface area (Å²) in [7, 11) is 0. The number of imidazole rings is 2. The molecule has 2 aliphatic heterocycles. The van der Waals surface area contributed by atoms with Gasteiger partial charge >= 0.3 is 30.1 Å². The number of alkyl halides is 3. The lowest BCUT2D eigenvalue weighted by atomic mass is 9.93. The topological polar surface area (TPSA) is 159 Å². The first-order chi connectivity index (χ1) is 38.7. The zero-order valence-electron chi connectivity index (χ0n) is 44.7. The van der Waals surface area contributed by atoms with Crippen molar-refractivity contribution in [1.82, 2.24) is 38.3 Å². The van der Waals surface area contributed by atoms with Crippen molar-refractivity contribution >= 4 is 40.3 Å². The van der Waals surface area contributed by atoms with Gasteiger partial charge in [0, 0.05) is 70.0 Å². The Labute approximate surface area is 462 Å². The molecule has 2 N–H and O–H groups in total. The van der Waals surface area contributed by atoms with Gasteiger partial charge in [0.05, 0.1) is 22.1 Å². The van der Waals surface area contributed by atoms with E-state index in [0.717, 1.165) is 43.7 Å². The standard InChI is InChI=1S/C31H33F3N4O2.C31H34N4O5/c32-31(33,34)29-35-27-15-7-8-16-28(27)38(29)26-17-19-37(30(39)40)25(20-26)14-9-18-36(21-23-10-3-1-4-11-23)22-24-12-5-2-6-13-24;1-23(33(20-24-10-4-2-5-11-24)21-25-12-6-3-7-13-25)22-40-31(39)32-18-16-26(17-19-32)34-27-14-8-9-15-28(27)35(29(34)36)30(37)38/h1-8,10-13,15-16,25-26H,9,14,17-22H2,(H,39,40);2-15,23,26H,16-22H2,1H3,(H,37,38)/t25-,26?;23-/m00/s1. The van der Waals surface area contributed by atoms with E-state index in [9.17, 15) is 42.6 Å². The fourth-order valence-corrected chi connectivity index (χ4v) is 11.3. The summed E-state index contributed by atoms with van der Waals surface area (Å²) in [5.74, 6) is -0.918. The van der Waals surface area contributed by atoms with Crippen molar-refractivity contribution in [1.29, 1.82) is 0 Å². The quantitative estimate of drug-likeness (QED) is 0.0899. The van der Waals surface area contributed by atoms with Crippen molar-refractivity contribution in [2.75, 3.05) is 32.8 Å². The normalized spacial score (nSPS) is 16.4. The smallest absolute Gasteiger partial charge is 0.449 e. The fraction of sp³-hybridized carbons (Fsp3) is 0.339. The molecule has 18 heteroatoms. The molecule has 2 aromatic heterocycles. The number of para-hydroxylation sites is 4. The molecule has 1 unspecified atom stereocenters. The van der Waals surface area contributed by atoms with Gasteiger partial charge in [-0.15, -0.1) is 0 Å². The van der Waals surface area contributed by atoms with Crippen LogP contribution in [0.1, 0.15) is 85.6 Å². The van der Waals surface area contributed by atoms with Crippen LogP contribution in [0.15, 0.2) is 175 Å². The maximum atomic E-state index is 14.0. The molecule has 2 saturated heterocycles. The predicted molar refractivity (Wildman–Crippen MR) is 300 cm³/mol. The Morgan fingerprint density at radius 2 is 1.11 bits per heavy atom. The van der Waals surface area contributed by atoms with Crippen molar-refractivity contribution in [3.05, 3.63) is 208 Å². The van der Waals surface area contributed by atoms with Gasteiger partial charge in [-0.3, -0.25) is 14.4 Å². The molecule has 2 amide bonds. The second-order valence-corrected chi connectivity index (χ2v) is 20.7. The molecule has 0 aliphatic carbocycles. The summed E-state index contributed by atoms with van der Waals surface area (Å²) < 4.78 is 51.4. The number of amides is 2. The molecule has 0 radical (unpaired) electrons. The molecular formula is C62H67F3N8O7. The highest BCUT2D eigenvalue weighted by Crippen LogP contribution is 2.39. The van der Waals surface area contributed by atoms with E-state index in [4.69, 9.17) is 4.74 Å². The number of rotatable bonds is 17. The van der Waals surface area contributed by atoms with Crippen LogP contribution in [0.2, 0.25) is 0 Å². The second-order valence-electron chi connectivity index (χ2n) is 20.7. The lowest BCUT2D eigenvalue weighted by molar-refractivity contribution is -0.148. The lowest BCUT2D eigenvalue weighted by Gasteiger charge is -2.39. The summed E-state index contributed by atoms with van der Waals surface area (Å²) in [6, 6.07) is 53.3. The van der Waals surface area contributed by atoms with Crippen LogP contribution in [-0.2, 0) is 37.1 Å². The van der Waals surface area contributed by atoms with E-state index >= 15 is 0 Å². The monoisotopic (exact) mass is 1090 g/mol. The molecule has 0 bridgehead atoms. The molecule has 2 fully saturated rings. The molecule has 6 aromatic carbocycles. The molecule has 0 spiro atoms. The molecule has 4 heterocycles. The third-order valence-corrected chi connectivity index (χ3v) is 15.2. The first-order valence-corrected chi connectivity index (χ1v) is 27.2. The van der Waals surface area contributed by atoms with Gasteiger partial charge in [0.15, 0.2) is 0 Å². The Morgan fingerprint density at radius 1 is 0.625 bits per heavy atom. The highest BCUT2D eigenvalue weighted by atomic mass is 19.4. The SMILES string of the molecule is C[C@@H](COC(=O)N1CCC(n2c(=O)n(C(=O)O)c3ccccc32)CC1)N(Cc1ccccc1)Cc1ccccc1.O=C(O)N1CCC(n2c(C(F)(F)F)nc3ccccc32)C[C@@H]1CCCN(Cc1ccccc1)Cc1ccccc1. The predicted octanol–water partition coefficient (Wildman–Crippen LogP) is 12.4. The van der Waals surface area contributed by atoms with Crippen molar-refractivity contribution in [3.8, 4) is 0 Å². The van der Waals surface area contributed by atoms with E-state index in [1.807, 2.05) is 72.8 Å². The zero-order chi connectivity index (χ0) is 56.2. The number of likely N-dealkylation sites (tertiary alicyclic amines) is 2. The van der Waals surface area contributed by atoms with Gasteiger partial charge in [0.1, 0.15) is 6.61 Å². The molecule has 10 rings (SSSR count). The van der Waals surface area contributed by atoms with Gasteiger partial charge < -0.3 is 29.3 Å². The van der Waals surface area contributed by atoms with E-state index in [0.29, 0.717) is 67.3 Å². The molecule has 80 heavy (non-hydrogen) atoms. The largest absolute Gasteiger partial charge is 0.465 e. The number of carboxylic acid groups (broad SMARTS) is 2. The summed E-state index contributed by atoms with van der Waals surface area (Å²) >= 11 is 0. The molecule has 8 aromatic rings. The molecule has 3 atom stereocenters. The minimum atomic E-state index is -4.60. The van der Waals surface area contributed by atoms with Gasteiger partial charge in [-0.25, -0.2) is 24.2 Å². The van der Waals surface area contributed by atoms with Gasteiger partial charge in [-0.1, -0.05) is 146 Å². The number of carbonyl (C=O) groups excluding carboxylic acids is 1. The van der Waals surface area contributed by atoms with Crippen molar-refractivity contribution in [2.45, 2.75) is 102 Å². The van der Waals surface area contributed by atoms with Crippen LogP contribution in [0.5, 0.6) is 0 Å². The number of fused-ring (bicyclic) bond motifs is 2. The van der Waals surface area contributed by atoms with E-state index in [-0.39, 0.29) is 37.4 Å². The number of aromatic nitrogens is 4. The average molecular weight is 1090 g/mol. The first-order valence-electron chi connectivity index (χ1n) is 27.2. The number of halogens is 3. The van der Waals surface area contributed by atoms with Crippen LogP contribution in [-0.4, -0.2) is 112 Å². The molecule has 418 valence electrons. The number of hydrogen-bond donors (Lipinski definition) is 2. The van der Waals surface area contributed by atoms with Gasteiger partial charge in [-0.05, 0) is 98.5 Å². The summed E-state index contributed by atoms with van der Waals surface area (Å²) in [4.78, 5) is 61.4. The summed E-state index contributed by atoms with van der Waals surface area (Å²) in [6.45, 7) is 7.07. The number of hydrogen-bond acceptors (Lipinski definition) is 8. The Balaban J connectivity index is 0.000000194. The second kappa shape index (κ2) is 26.2. The summed E-state index contributed by atoms with van der Waals surface area (Å²) in [6.07, 6.45) is -4.33. The van der Waals surface area contributed by atoms with E-state index in [1.54, 1.807) is 58.0 Å². The van der Waals surface area contributed by atoms with Crippen LogP contribution in [0.25, 0.3) is 22.1 Å². The van der Waals surface area contributed by atoms with Crippen molar-refractivity contribution in [3.63, 3.8) is 0 Å². The highest BCUT2D eigenvalue weighted by Gasteiger charge is 2.42. The van der Waals surface area contributed by atoms with Crippen LogP contribution < -0.4 is 5.69 Å². The Bertz CT molecular complexity index is 3280. The van der Waals surface area contributed by atoms with Crippen molar-refractivity contribution < 1.29 is 42.5 Å². The maximum absolute atomic E-state index is 14.0. The number of piperidine rings is 2. The maximum Gasteiger partial charge on any atom is 0.449 e. The Morgan fingerprint density at radius 3 is 1.64 bits per heavy atom. The summed E-state index contributed by atoms with van der Waals surface area (Å²) in [5.41, 5.74) is 5.87. The minimum absolute atomic E-state index is 0.0115. The third kappa shape index (κ3) is 14.0. The Kier molecular flexibility index (Phi) is 18.5. The van der Waals surface area contributed by atoms with Gasteiger partial charge in [0.2, 0.25) is 5.82 Å². The fourth-order valence-electron chi connectivity index (χ4n) is 11.3. The van der Waals surface area contributed by atoms with Crippen molar-refractivity contribution in [2.24, 2.45) is 0 Å². The number of nitrogens with zero attached hydrogens (tertiary/aromatic N) is 8. The molecule has 15 nitrogen and oxygen atoms in total. The highest BCUT2D eigenvalue weighted by molar-refractivity contribution is 5.86. The first kappa shape index (κ1) is 56.5.